The van der Waals surface area contributed by atoms with Crippen molar-refractivity contribution in [1.29, 1.82) is 0 Å². The molecule has 0 amide bonds. The van der Waals surface area contributed by atoms with Crippen LogP contribution in [0.4, 0.5) is 0 Å². The number of allylic oxidation sites excluding steroid dienone is 2. The molecule has 21 heavy (non-hydrogen) atoms. The molecule has 5 heteroatoms. The van der Waals surface area contributed by atoms with E-state index >= 15 is 0 Å². The van der Waals surface area contributed by atoms with Gasteiger partial charge in [0.1, 0.15) is 0 Å². The Morgan fingerprint density at radius 3 is 2.48 bits per heavy atom. The van der Waals surface area contributed by atoms with Crippen LogP contribution in [0.5, 0.6) is 0 Å². The van der Waals surface area contributed by atoms with E-state index in [0.29, 0.717) is 12.0 Å². The number of hydrogen-bond acceptors (Lipinski definition) is 2. The number of benzene rings is 1. The van der Waals surface area contributed by atoms with E-state index in [9.17, 15) is 9.00 Å². The molecule has 1 aromatic carbocycles. The monoisotopic (exact) mass is 328 g/mol. The van der Waals surface area contributed by atoms with Gasteiger partial charge in [-0.25, -0.2) is 4.21 Å². The topological polar surface area (TPSA) is 54.4 Å². The van der Waals surface area contributed by atoms with Gasteiger partial charge in [0.15, 0.2) is 11.1 Å². The van der Waals surface area contributed by atoms with E-state index in [-0.39, 0.29) is 5.75 Å². The quantitative estimate of drug-likeness (QED) is 0.441. The van der Waals surface area contributed by atoms with Crippen molar-refractivity contribution >= 4 is 27.9 Å². The van der Waals surface area contributed by atoms with E-state index in [4.69, 9.17) is 16.2 Å². The number of rotatable bonds is 8. The van der Waals surface area contributed by atoms with Gasteiger partial charge in [-0.3, -0.25) is 4.79 Å². The molecule has 1 unspecified atom stereocenters. The summed E-state index contributed by atoms with van der Waals surface area (Å²) in [6, 6.07) is 3.61. The summed E-state index contributed by atoms with van der Waals surface area (Å²) in [7, 11) is 0. The molecular formula is C16H21ClO3S. The van der Waals surface area contributed by atoms with Crippen molar-refractivity contribution in [2.24, 2.45) is 0 Å². The van der Waals surface area contributed by atoms with Crippen LogP contribution in [0, 0.1) is 0 Å². The standard InChI is InChI=1S/C16H21ClO3S/c1-3-5-6-7-8-13-9-12(4-2)15(16(17)18)10-14(13)11-21(19)20/h5-6,9-10H,3-4,7-8,11H2,1-2H3,(H,19,20). The Bertz CT molecular complexity index is 553. The lowest BCUT2D eigenvalue weighted by Gasteiger charge is -2.13. The molecule has 0 spiro atoms. The smallest absolute Gasteiger partial charge is 0.252 e. The molecule has 0 aromatic heterocycles. The van der Waals surface area contributed by atoms with Gasteiger partial charge in [-0.15, -0.1) is 0 Å². The molecule has 0 bridgehead atoms. The maximum absolute atomic E-state index is 11.5. The fourth-order valence-electron chi connectivity index (χ4n) is 2.24. The molecule has 116 valence electrons. The fraction of sp³-hybridized carbons (Fsp3) is 0.438. The normalized spacial score (nSPS) is 12.8. The molecule has 1 rings (SSSR count). The van der Waals surface area contributed by atoms with Gasteiger partial charge in [0.05, 0.1) is 5.75 Å². The van der Waals surface area contributed by atoms with Crippen LogP contribution in [-0.2, 0) is 29.7 Å². The molecule has 0 saturated carbocycles. The van der Waals surface area contributed by atoms with Gasteiger partial charge < -0.3 is 4.55 Å². The molecule has 0 aliphatic carbocycles. The highest BCUT2D eigenvalue weighted by Gasteiger charge is 2.14. The summed E-state index contributed by atoms with van der Waals surface area (Å²) >= 11 is 3.67. The van der Waals surface area contributed by atoms with Crippen molar-refractivity contribution in [2.45, 2.75) is 45.3 Å². The molecular weight excluding hydrogens is 308 g/mol. The molecule has 0 saturated heterocycles. The van der Waals surface area contributed by atoms with Crippen molar-refractivity contribution in [3.63, 3.8) is 0 Å². The lowest BCUT2D eigenvalue weighted by molar-refractivity contribution is 0.108. The Labute approximate surface area is 133 Å². The molecule has 0 aliphatic rings. The molecule has 1 N–H and O–H groups in total. The second-order valence-corrected chi connectivity index (χ2v) is 6.06. The first kappa shape index (κ1) is 18.1. The third-order valence-electron chi connectivity index (χ3n) is 3.28. The van der Waals surface area contributed by atoms with E-state index in [1.807, 2.05) is 13.0 Å². The van der Waals surface area contributed by atoms with Gasteiger partial charge in [0.25, 0.3) is 5.24 Å². The summed E-state index contributed by atoms with van der Waals surface area (Å²) < 4.78 is 20.2. The number of carbonyl (C=O) groups excluding carboxylic acids is 1. The van der Waals surface area contributed by atoms with Crippen LogP contribution in [-0.4, -0.2) is 14.0 Å². The predicted octanol–water partition coefficient (Wildman–Crippen LogP) is 4.25. The van der Waals surface area contributed by atoms with Crippen molar-refractivity contribution < 1.29 is 13.6 Å². The average Bonchev–Trinajstić information content (AvgIpc) is 2.43. The van der Waals surface area contributed by atoms with Crippen molar-refractivity contribution in [3.8, 4) is 0 Å². The Morgan fingerprint density at radius 1 is 1.24 bits per heavy atom. The number of halogens is 1. The van der Waals surface area contributed by atoms with Crippen LogP contribution in [0.2, 0.25) is 0 Å². The van der Waals surface area contributed by atoms with Crippen LogP contribution >= 0.6 is 11.6 Å². The van der Waals surface area contributed by atoms with Crippen molar-refractivity contribution in [3.05, 3.63) is 46.5 Å². The molecule has 3 nitrogen and oxygen atoms in total. The lowest BCUT2D eigenvalue weighted by Crippen LogP contribution is -2.05. The first-order valence-electron chi connectivity index (χ1n) is 7.06. The zero-order chi connectivity index (χ0) is 15.8. The van der Waals surface area contributed by atoms with E-state index in [1.165, 1.54) is 0 Å². The fourth-order valence-corrected chi connectivity index (χ4v) is 2.95. The zero-order valence-corrected chi connectivity index (χ0v) is 14.0. The summed E-state index contributed by atoms with van der Waals surface area (Å²) in [4.78, 5) is 11.5. The molecule has 0 fully saturated rings. The van der Waals surface area contributed by atoms with E-state index in [1.54, 1.807) is 6.07 Å². The highest BCUT2D eigenvalue weighted by atomic mass is 35.5. The average molecular weight is 329 g/mol. The minimum atomic E-state index is -1.94. The molecule has 0 radical (unpaired) electrons. The second kappa shape index (κ2) is 9.13. The zero-order valence-electron chi connectivity index (χ0n) is 12.4. The SMILES string of the molecule is CCC=CCCc1cc(CC)c(C(=O)Cl)cc1CS(=O)O. The minimum Gasteiger partial charge on any atom is -0.306 e. The van der Waals surface area contributed by atoms with Gasteiger partial charge in [0, 0.05) is 5.56 Å². The van der Waals surface area contributed by atoms with E-state index in [2.05, 4.69) is 19.1 Å². The van der Waals surface area contributed by atoms with Gasteiger partial charge in [-0.05, 0) is 60.0 Å². The minimum absolute atomic E-state index is 0.0218. The summed E-state index contributed by atoms with van der Waals surface area (Å²) in [6.07, 6.45) is 7.55. The van der Waals surface area contributed by atoms with Crippen LogP contribution in [0.25, 0.3) is 0 Å². The van der Waals surface area contributed by atoms with E-state index in [0.717, 1.165) is 36.0 Å². The second-order valence-electron chi connectivity index (χ2n) is 4.79. The van der Waals surface area contributed by atoms with Crippen molar-refractivity contribution in [2.75, 3.05) is 0 Å². The maximum atomic E-state index is 11.5. The highest BCUT2D eigenvalue weighted by molar-refractivity contribution is 7.78. The highest BCUT2D eigenvalue weighted by Crippen LogP contribution is 2.22. The number of hydrogen-bond donors (Lipinski definition) is 1. The third-order valence-corrected chi connectivity index (χ3v) is 4.04. The lowest BCUT2D eigenvalue weighted by atomic mass is 9.95. The molecule has 0 aliphatic heterocycles. The summed E-state index contributed by atoms with van der Waals surface area (Å²) in [6.45, 7) is 4.04. The van der Waals surface area contributed by atoms with Crippen LogP contribution in [0.15, 0.2) is 24.3 Å². The Hall–Kier alpha value is -0.970. The van der Waals surface area contributed by atoms with Gasteiger partial charge >= 0.3 is 0 Å². The van der Waals surface area contributed by atoms with Gasteiger partial charge in [0.2, 0.25) is 0 Å². The Balaban J connectivity index is 3.15. The van der Waals surface area contributed by atoms with Crippen LogP contribution in [0.3, 0.4) is 0 Å². The third kappa shape index (κ3) is 5.73. The first-order chi connectivity index (χ1) is 9.99. The van der Waals surface area contributed by atoms with Gasteiger partial charge in [-0.2, -0.15) is 0 Å². The Morgan fingerprint density at radius 2 is 1.95 bits per heavy atom. The summed E-state index contributed by atoms with van der Waals surface area (Å²) in [5.41, 5.74) is 3.06. The van der Waals surface area contributed by atoms with Crippen LogP contribution in [0.1, 0.15) is 53.7 Å². The number of aryl methyl sites for hydroxylation is 2. The van der Waals surface area contributed by atoms with E-state index < -0.39 is 16.3 Å². The molecule has 0 heterocycles. The largest absolute Gasteiger partial charge is 0.306 e. The van der Waals surface area contributed by atoms with Gasteiger partial charge in [-0.1, -0.05) is 32.1 Å². The predicted molar refractivity (Wildman–Crippen MR) is 88.2 cm³/mol. The molecule has 1 aromatic rings. The van der Waals surface area contributed by atoms with Crippen molar-refractivity contribution in [1.82, 2.24) is 0 Å². The molecule has 1 atom stereocenters. The Kier molecular flexibility index (Phi) is 7.86. The maximum Gasteiger partial charge on any atom is 0.252 e. The summed E-state index contributed by atoms with van der Waals surface area (Å²) in [5, 5.41) is -0.519. The number of carbonyl (C=O) groups is 1. The first-order valence-corrected chi connectivity index (χ1v) is 8.71. The summed E-state index contributed by atoms with van der Waals surface area (Å²) in [5.74, 6) is 0.0218. The van der Waals surface area contributed by atoms with Crippen LogP contribution < -0.4 is 0 Å².